The van der Waals surface area contributed by atoms with Crippen molar-refractivity contribution in [2.75, 3.05) is 11.9 Å². The summed E-state index contributed by atoms with van der Waals surface area (Å²) in [7, 11) is 0. The summed E-state index contributed by atoms with van der Waals surface area (Å²) >= 11 is 0. The number of amides is 2. The summed E-state index contributed by atoms with van der Waals surface area (Å²) in [5.41, 5.74) is 8.17. The lowest BCUT2D eigenvalue weighted by Gasteiger charge is -2.35. The third-order valence-corrected chi connectivity index (χ3v) is 5.53. The lowest BCUT2D eigenvalue weighted by molar-refractivity contribution is -0.124. The van der Waals surface area contributed by atoms with Crippen LogP contribution < -0.4 is 16.4 Å². The number of carbonyl (C=O) groups is 2. The number of carbonyl (C=O) groups excluding carboxylic acids is 2. The first-order chi connectivity index (χ1) is 13.6. The van der Waals surface area contributed by atoms with Crippen LogP contribution >= 0.6 is 0 Å². The Hall–Kier alpha value is -2.73. The van der Waals surface area contributed by atoms with E-state index in [1.165, 1.54) is 6.42 Å². The van der Waals surface area contributed by atoms with Crippen LogP contribution in [0.5, 0.6) is 0 Å². The monoisotopic (exact) mass is 380 g/mol. The summed E-state index contributed by atoms with van der Waals surface area (Å²) in [6.07, 6.45) is 9.39. The van der Waals surface area contributed by atoms with Crippen molar-refractivity contribution in [1.29, 1.82) is 0 Å². The van der Waals surface area contributed by atoms with Gasteiger partial charge in [-0.3, -0.25) is 14.6 Å². The maximum Gasteiger partial charge on any atom is 0.255 e. The third-order valence-electron chi connectivity index (χ3n) is 5.53. The maximum atomic E-state index is 12.4. The fourth-order valence-electron chi connectivity index (χ4n) is 3.77. The molecule has 1 saturated carbocycles. The van der Waals surface area contributed by atoms with Gasteiger partial charge in [0.1, 0.15) is 0 Å². The van der Waals surface area contributed by atoms with Crippen molar-refractivity contribution in [2.45, 2.75) is 45.1 Å². The Morgan fingerprint density at radius 3 is 2.32 bits per heavy atom. The second-order valence-electron chi connectivity index (χ2n) is 7.61. The highest BCUT2D eigenvalue weighted by Crippen LogP contribution is 2.38. The molecule has 1 fully saturated rings. The van der Waals surface area contributed by atoms with Gasteiger partial charge in [-0.25, -0.2) is 0 Å². The number of rotatable bonds is 7. The van der Waals surface area contributed by atoms with Crippen molar-refractivity contribution < 1.29 is 9.59 Å². The first-order valence-corrected chi connectivity index (χ1v) is 9.87. The SMILES string of the molecule is NCC1(CC(=O)NCc2ccc(C(=O)Nc3ccncc3)cc2)CCCCC1. The summed E-state index contributed by atoms with van der Waals surface area (Å²) in [6.45, 7) is 1.02. The lowest BCUT2D eigenvalue weighted by Crippen LogP contribution is -2.38. The molecule has 4 N–H and O–H groups in total. The van der Waals surface area contributed by atoms with Crippen molar-refractivity contribution in [2.24, 2.45) is 11.1 Å². The molecule has 6 heteroatoms. The predicted octanol–water partition coefficient (Wildman–Crippen LogP) is 3.25. The summed E-state index contributed by atoms with van der Waals surface area (Å²) in [5.74, 6) is -0.129. The molecule has 0 spiro atoms. The number of pyridine rings is 1. The molecule has 0 aliphatic heterocycles. The zero-order chi connectivity index (χ0) is 19.8. The summed E-state index contributed by atoms with van der Waals surface area (Å²) < 4.78 is 0. The molecule has 1 aromatic carbocycles. The van der Waals surface area contributed by atoms with Crippen LogP contribution in [0.15, 0.2) is 48.8 Å². The van der Waals surface area contributed by atoms with Crippen molar-refractivity contribution in [3.05, 3.63) is 59.9 Å². The van der Waals surface area contributed by atoms with E-state index in [1.807, 2.05) is 12.1 Å². The summed E-state index contributed by atoms with van der Waals surface area (Å²) in [4.78, 5) is 28.6. The van der Waals surface area contributed by atoms with E-state index in [-0.39, 0.29) is 17.2 Å². The standard InChI is InChI=1S/C22H28N4O2/c23-16-22(10-2-1-3-11-22)14-20(27)25-15-17-4-6-18(7-5-17)21(28)26-19-8-12-24-13-9-19/h4-9,12-13H,1-3,10-11,14-16,23H2,(H,25,27)(H,24,26,28). The Morgan fingerprint density at radius 2 is 1.68 bits per heavy atom. The van der Waals surface area contributed by atoms with Gasteiger partial charge < -0.3 is 16.4 Å². The third kappa shape index (κ3) is 5.39. The molecule has 3 rings (SSSR count). The van der Waals surface area contributed by atoms with E-state index in [4.69, 9.17) is 5.73 Å². The fourth-order valence-corrected chi connectivity index (χ4v) is 3.77. The molecule has 0 saturated heterocycles. The Labute approximate surface area is 165 Å². The number of aromatic nitrogens is 1. The quantitative estimate of drug-likeness (QED) is 0.687. The van der Waals surface area contributed by atoms with Crippen LogP contribution in [0.25, 0.3) is 0 Å². The second kappa shape index (κ2) is 9.46. The molecule has 0 radical (unpaired) electrons. The van der Waals surface area contributed by atoms with Crippen molar-refractivity contribution in [1.82, 2.24) is 10.3 Å². The highest BCUT2D eigenvalue weighted by atomic mass is 16.2. The molecule has 6 nitrogen and oxygen atoms in total. The summed E-state index contributed by atoms with van der Waals surface area (Å²) in [5, 5.41) is 5.82. The van der Waals surface area contributed by atoms with Gasteiger partial charge in [-0.15, -0.1) is 0 Å². The molecular weight excluding hydrogens is 352 g/mol. The Morgan fingerprint density at radius 1 is 1.00 bits per heavy atom. The molecule has 1 aliphatic rings. The zero-order valence-electron chi connectivity index (χ0n) is 16.1. The average molecular weight is 380 g/mol. The molecule has 1 heterocycles. The predicted molar refractivity (Wildman–Crippen MR) is 110 cm³/mol. The minimum Gasteiger partial charge on any atom is -0.352 e. The molecular formula is C22H28N4O2. The van der Waals surface area contributed by atoms with Gasteiger partial charge in [-0.05, 0) is 54.6 Å². The van der Waals surface area contributed by atoms with Crippen LogP contribution in [0.1, 0.15) is 54.4 Å². The fraction of sp³-hybridized carbons (Fsp3) is 0.409. The minimum atomic E-state index is -0.177. The van der Waals surface area contributed by atoms with Crippen LogP contribution in [-0.2, 0) is 11.3 Å². The Kier molecular flexibility index (Phi) is 6.76. The first kappa shape index (κ1) is 20.0. The highest BCUT2D eigenvalue weighted by Gasteiger charge is 2.32. The molecule has 1 aromatic heterocycles. The van der Waals surface area contributed by atoms with E-state index >= 15 is 0 Å². The maximum absolute atomic E-state index is 12.4. The molecule has 2 aromatic rings. The first-order valence-electron chi connectivity index (χ1n) is 9.87. The van der Waals surface area contributed by atoms with E-state index in [1.54, 1.807) is 36.7 Å². The number of nitrogens with zero attached hydrogens (tertiary/aromatic N) is 1. The molecule has 28 heavy (non-hydrogen) atoms. The average Bonchev–Trinajstić information content (AvgIpc) is 2.74. The minimum absolute atomic E-state index is 0.0305. The highest BCUT2D eigenvalue weighted by molar-refractivity contribution is 6.04. The number of hydrogen-bond acceptors (Lipinski definition) is 4. The van der Waals surface area contributed by atoms with Crippen LogP contribution in [-0.4, -0.2) is 23.3 Å². The van der Waals surface area contributed by atoms with Gasteiger partial charge in [0.25, 0.3) is 5.91 Å². The number of nitrogens with one attached hydrogen (secondary N) is 2. The Bertz CT molecular complexity index is 784. The molecule has 0 atom stereocenters. The lowest BCUT2D eigenvalue weighted by atomic mass is 9.71. The zero-order valence-corrected chi connectivity index (χ0v) is 16.1. The topological polar surface area (TPSA) is 97.1 Å². The van der Waals surface area contributed by atoms with Gasteiger partial charge in [0.2, 0.25) is 5.91 Å². The normalized spacial score (nSPS) is 15.6. The molecule has 148 valence electrons. The van der Waals surface area contributed by atoms with Crippen molar-refractivity contribution in [3.63, 3.8) is 0 Å². The van der Waals surface area contributed by atoms with Crippen molar-refractivity contribution >= 4 is 17.5 Å². The number of anilines is 1. The van der Waals surface area contributed by atoms with Gasteiger partial charge in [0.15, 0.2) is 0 Å². The summed E-state index contributed by atoms with van der Waals surface area (Å²) in [6, 6.07) is 10.7. The largest absolute Gasteiger partial charge is 0.352 e. The van der Waals surface area contributed by atoms with Gasteiger partial charge in [0, 0.05) is 36.6 Å². The second-order valence-corrected chi connectivity index (χ2v) is 7.61. The van der Waals surface area contributed by atoms with E-state index in [9.17, 15) is 9.59 Å². The number of nitrogens with two attached hydrogens (primary N) is 1. The molecule has 0 unspecified atom stereocenters. The molecule has 0 bridgehead atoms. The van der Waals surface area contributed by atoms with Crippen molar-refractivity contribution in [3.8, 4) is 0 Å². The molecule has 1 aliphatic carbocycles. The van der Waals surface area contributed by atoms with Crippen LogP contribution in [0, 0.1) is 5.41 Å². The Balaban J connectivity index is 1.50. The van der Waals surface area contributed by atoms with Gasteiger partial charge >= 0.3 is 0 Å². The van der Waals surface area contributed by atoms with Gasteiger partial charge in [0.05, 0.1) is 0 Å². The van der Waals surface area contributed by atoms with Gasteiger partial charge in [-0.2, -0.15) is 0 Å². The van der Waals surface area contributed by atoms with Gasteiger partial charge in [-0.1, -0.05) is 31.4 Å². The van der Waals surface area contributed by atoms with Crippen LogP contribution in [0.3, 0.4) is 0 Å². The van der Waals surface area contributed by atoms with E-state index < -0.39 is 0 Å². The van der Waals surface area contributed by atoms with E-state index in [0.717, 1.165) is 31.2 Å². The van der Waals surface area contributed by atoms with Crippen LogP contribution in [0.2, 0.25) is 0 Å². The number of hydrogen-bond donors (Lipinski definition) is 3. The number of benzene rings is 1. The van der Waals surface area contributed by atoms with E-state index in [2.05, 4.69) is 15.6 Å². The molecule has 2 amide bonds. The van der Waals surface area contributed by atoms with E-state index in [0.29, 0.717) is 30.8 Å². The smallest absolute Gasteiger partial charge is 0.255 e. The van der Waals surface area contributed by atoms with Crippen LogP contribution in [0.4, 0.5) is 5.69 Å².